The molecule has 0 spiro atoms. The molecule has 25 heavy (non-hydrogen) atoms. The monoisotopic (exact) mass is 366 g/mol. The first-order chi connectivity index (χ1) is 12.0. The highest BCUT2D eigenvalue weighted by Crippen LogP contribution is 2.34. The average molecular weight is 367 g/mol. The van der Waals surface area contributed by atoms with Crippen LogP contribution in [0.1, 0.15) is 45.1 Å². The molecule has 0 bridgehead atoms. The van der Waals surface area contributed by atoms with Crippen molar-refractivity contribution in [1.82, 2.24) is 10.6 Å². The van der Waals surface area contributed by atoms with Crippen LogP contribution in [0.3, 0.4) is 0 Å². The highest BCUT2D eigenvalue weighted by molar-refractivity contribution is 6.30. The molecule has 0 aliphatic carbocycles. The fraction of sp³-hybridized carbons (Fsp3) is 0.650. The molecule has 1 heterocycles. The van der Waals surface area contributed by atoms with Crippen LogP contribution in [0, 0.1) is 5.41 Å². The Hall–Kier alpha value is -1.10. The molecule has 1 saturated heterocycles. The molecule has 1 aliphatic rings. The number of methoxy groups -OCH3 is 1. The van der Waals surface area contributed by atoms with Gasteiger partial charge < -0.3 is 15.4 Å². The maximum Gasteiger partial charge on any atom is 0.228 e. The summed E-state index contributed by atoms with van der Waals surface area (Å²) in [6.45, 7) is 7.20. The van der Waals surface area contributed by atoms with Gasteiger partial charge in [-0.05, 0) is 56.5 Å². The molecule has 140 valence electrons. The van der Waals surface area contributed by atoms with Crippen molar-refractivity contribution in [3.63, 3.8) is 0 Å². The van der Waals surface area contributed by atoms with Gasteiger partial charge in [0.1, 0.15) is 0 Å². The van der Waals surface area contributed by atoms with Crippen molar-refractivity contribution < 1.29 is 9.53 Å². The molecule has 0 aromatic heterocycles. The van der Waals surface area contributed by atoms with Crippen LogP contribution in [-0.4, -0.2) is 39.3 Å². The second kappa shape index (κ2) is 9.02. The first-order valence-electron chi connectivity index (χ1n) is 9.26. The van der Waals surface area contributed by atoms with E-state index >= 15 is 0 Å². The summed E-state index contributed by atoms with van der Waals surface area (Å²) in [5.41, 5.74) is 0.752. The summed E-state index contributed by atoms with van der Waals surface area (Å²) >= 11 is 6.04. The Balaban J connectivity index is 2.14. The van der Waals surface area contributed by atoms with Crippen molar-refractivity contribution in [3.05, 3.63) is 34.9 Å². The Kier molecular flexibility index (Phi) is 7.29. The van der Waals surface area contributed by atoms with Gasteiger partial charge in [-0.2, -0.15) is 0 Å². The molecule has 2 N–H and O–H groups in total. The maximum atomic E-state index is 13.0. The summed E-state index contributed by atoms with van der Waals surface area (Å²) in [4.78, 5) is 13.0. The van der Waals surface area contributed by atoms with E-state index in [0.29, 0.717) is 13.2 Å². The third kappa shape index (κ3) is 4.55. The van der Waals surface area contributed by atoms with Crippen LogP contribution in [0.5, 0.6) is 0 Å². The van der Waals surface area contributed by atoms with E-state index in [1.54, 1.807) is 7.11 Å². The first kappa shape index (κ1) is 20.2. The van der Waals surface area contributed by atoms with Crippen LogP contribution in [0.15, 0.2) is 24.3 Å². The molecule has 1 aromatic rings. The van der Waals surface area contributed by atoms with Gasteiger partial charge in [-0.3, -0.25) is 4.79 Å². The number of ether oxygens (including phenoxy) is 1. The van der Waals surface area contributed by atoms with E-state index in [-0.39, 0.29) is 11.3 Å². The SMILES string of the molecule is CCC(CC)(CNC(=O)C1(COC)CCNCC1)c1ccc(Cl)cc1. The maximum absolute atomic E-state index is 13.0. The predicted octanol–water partition coefficient (Wildman–Crippen LogP) is 3.53. The molecule has 5 heteroatoms. The van der Waals surface area contributed by atoms with Gasteiger partial charge in [-0.15, -0.1) is 0 Å². The number of amides is 1. The van der Waals surface area contributed by atoms with Crippen LogP contribution in [0.2, 0.25) is 5.02 Å². The summed E-state index contributed by atoms with van der Waals surface area (Å²) in [7, 11) is 1.67. The van der Waals surface area contributed by atoms with Crippen LogP contribution < -0.4 is 10.6 Å². The molecule has 1 amide bonds. The fourth-order valence-electron chi connectivity index (χ4n) is 3.87. The molecule has 0 saturated carbocycles. The summed E-state index contributed by atoms with van der Waals surface area (Å²) in [5.74, 6) is 0.121. The van der Waals surface area contributed by atoms with Gasteiger partial charge >= 0.3 is 0 Å². The molecular formula is C20H31ClN2O2. The largest absolute Gasteiger partial charge is 0.384 e. The van der Waals surface area contributed by atoms with E-state index in [1.807, 2.05) is 12.1 Å². The summed E-state index contributed by atoms with van der Waals surface area (Å²) in [6.07, 6.45) is 3.56. The Bertz CT molecular complexity index is 544. The second-order valence-electron chi connectivity index (χ2n) is 7.14. The van der Waals surface area contributed by atoms with Crippen LogP contribution in [0.25, 0.3) is 0 Å². The zero-order valence-corrected chi connectivity index (χ0v) is 16.4. The van der Waals surface area contributed by atoms with E-state index in [1.165, 1.54) is 5.56 Å². The predicted molar refractivity (Wildman–Crippen MR) is 103 cm³/mol. The molecule has 4 nitrogen and oxygen atoms in total. The van der Waals surface area contributed by atoms with Crippen LogP contribution in [0.4, 0.5) is 0 Å². The third-order valence-corrected chi connectivity index (χ3v) is 6.11. The molecule has 0 unspecified atom stereocenters. The molecule has 1 aliphatic heterocycles. The molecule has 0 atom stereocenters. The Morgan fingerprint density at radius 2 is 1.84 bits per heavy atom. The minimum atomic E-state index is -0.410. The highest BCUT2D eigenvalue weighted by Gasteiger charge is 2.40. The molecule has 2 rings (SSSR count). The van der Waals surface area contributed by atoms with Gasteiger partial charge in [0, 0.05) is 24.1 Å². The van der Waals surface area contributed by atoms with Gasteiger partial charge in [0.25, 0.3) is 0 Å². The average Bonchev–Trinajstić information content (AvgIpc) is 2.65. The second-order valence-corrected chi connectivity index (χ2v) is 7.58. The van der Waals surface area contributed by atoms with E-state index in [9.17, 15) is 4.79 Å². The third-order valence-electron chi connectivity index (χ3n) is 5.86. The quantitative estimate of drug-likeness (QED) is 0.740. The smallest absolute Gasteiger partial charge is 0.228 e. The normalized spacial score (nSPS) is 17.3. The van der Waals surface area contributed by atoms with E-state index in [0.717, 1.165) is 43.8 Å². The summed E-state index contributed by atoms with van der Waals surface area (Å²) in [5, 5.41) is 7.32. The number of rotatable bonds is 8. The number of hydrogen-bond donors (Lipinski definition) is 2. The number of nitrogens with one attached hydrogen (secondary N) is 2. The molecule has 0 radical (unpaired) electrons. The Morgan fingerprint density at radius 3 is 2.36 bits per heavy atom. The van der Waals surface area contributed by atoms with Crippen molar-refractivity contribution in [3.8, 4) is 0 Å². The molecule has 1 aromatic carbocycles. The lowest BCUT2D eigenvalue weighted by atomic mass is 9.74. The zero-order valence-electron chi connectivity index (χ0n) is 15.7. The van der Waals surface area contributed by atoms with Gasteiger partial charge in [-0.1, -0.05) is 37.6 Å². The number of benzene rings is 1. The topological polar surface area (TPSA) is 50.4 Å². The van der Waals surface area contributed by atoms with Crippen molar-refractivity contribution in [2.45, 2.75) is 44.9 Å². The van der Waals surface area contributed by atoms with Gasteiger partial charge in [0.15, 0.2) is 0 Å². The first-order valence-corrected chi connectivity index (χ1v) is 9.64. The van der Waals surface area contributed by atoms with Gasteiger partial charge in [0.2, 0.25) is 5.91 Å². The zero-order chi connectivity index (χ0) is 18.3. The van der Waals surface area contributed by atoms with Crippen LogP contribution in [-0.2, 0) is 14.9 Å². The lowest BCUT2D eigenvalue weighted by molar-refractivity contribution is -0.136. The number of hydrogen-bond acceptors (Lipinski definition) is 3. The Labute approximate surface area is 156 Å². The molecular weight excluding hydrogens is 336 g/mol. The van der Waals surface area contributed by atoms with Gasteiger partial charge in [0.05, 0.1) is 12.0 Å². The molecule has 1 fully saturated rings. The van der Waals surface area contributed by atoms with Crippen molar-refractivity contribution in [2.75, 3.05) is 33.4 Å². The lowest BCUT2D eigenvalue weighted by Crippen LogP contribution is -2.52. The van der Waals surface area contributed by atoms with E-state index in [2.05, 4.69) is 36.6 Å². The van der Waals surface area contributed by atoms with Crippen molar-refractivity contribution in [1.29, 1.82) is 0 Å². The standard InChI is InChI=1S/C20H31ClN2O2/c1-4-19(5-2,16-6-8-17(21)9-7-16)14-23-18(24)20(15-25-3)10-12-22-13-11-20/h6-9,22H,4-5,10-15H2,1-3H3,(H,23,24). The summed E-state index contributed by atoms with van der Waals surface area (Å²) in [6, 6.07) is 8.02. The van der Waals surface area contributed by atoms with Crippen molar-refractivity contribution in [2.24, 2.45) is 5.41 Å². The number of halogens is 1. The Morgan fingerprint density at radius 1 is 1.24 bits per heavy atom. The summed E-state index contributed by atoms with van der Waals surface area (Å²) < 4.78 is 5.38. The van der Waals surface area contributed by atoms with Crippen LogP contribution >= 0.6 is 11.6 Å². The minimum absolute atomic E-state index is 0.0680. The van der Waals surface area contributed by atoms with Crippen molar-refractivity contribution >= 4 is 17.5 Å². The number of carbonyl (C=O) groups is 1. The van der Waals surface area contributed by atoms with E-state index < -0.39 is 5.41 Å². The number of piperidine rings is 1. The van der Waals surface area contributed by atoms with Gasteiger partial charge in [-0.25, -0.2) is 0 Å². The fourth-order valence-corrected chi connectivity index (χ4v) is 4.00. The van der Waals surface area contributed by atoms with E-state index in [4.69, 9.17) is 16.3 Å². The lowest BCUT2D eigenvalue weighted by Gasteiger charge is -2.38. The minimum Gasteiger partial charge on any atom is -0.384 e. The number of carbonyl (C=O) groups excluding carboxylic acids is 1. The highest BCUT2D eigenvalue weighted by atomic mass is 35.5.